The fourth-order valence-corrected chi connectivity index (χ4v) is 4.25. The summed E-state index contributed by atoms with van der Waals surface area (Å²) in [6, 6.07) is 9.14. The van der Waals surface area contributed by atoms with Crippen LogP contribution in [0.4, 0.5) is 0 Å². The standard InChI is InChI=1S/C15H24.C13H26O/c1-6-12(2)14-9-7-13(8-10-14)11-15(3,4)5;1-11(10-13(2,3)4)14-12-8-6-5-7-9-12/h7-10,12H,6,11H2,1-5H3;11-12H,5-10H2,1-4H3. The van der Waals surface area contributed by atoms with Crippen molar-refractivity contribution in [3.05, 3.63) is 35.4 Å². The fourth-order valence-electron chi connectivity index (χ4n) is 4.25. The van der Waals surface area contributed by atoms with Crippen LogP contribution < -0.4 is 0 Å². The summed E-state index contributed by atoms with van der Waals surface area (Å²) in [6.45, 7) is 20.5. The highest BCUT2D eigenvalue weighted by Gasteiger charge is 2.20. The van der Waals surface area contributed by atoms with Crippen LogP contribution in [0, 0.1) is 10.8 Å². The van der Waals surface area contributed by atoms with Crippen LogP contribution in [0.1, 0.15) is 124 Å². The summed E-state index contributed by atoms with van der Waals surface area (Å²) in [5, 5.41) is 0. The molecule has 1 aromatic rings. The van der Waals surface area contributed by atoms with Crippen LogP contribution >= 0.6 is 0 Å². The van der Waals surface area contributed by atoms with E-state index in [9.17, 15) is 0 Å². The van der Waals surface area contributed by atoms with Gasteiger partial charge >= 0.3 is 0 Å². The van der Waals surface area contributed by atoms with E-state index >= 15 is 0 Å². The molecule has 0 aromatic heterocycles. The molecule has 1 saturated carbocycles. The molecule has 1 aliphatic rings. The van der Waals surface area contributed by atoms with E-state index in [2.05, 4.69) is 86.6 Å². The Balaban J connectivity index is 0.000000291. The highest BCUT2D eigenvalue weighted by molar-refractivity contribution is 5.25. The monoisotopic (exact) mass is 402 g/mol. The van der Waals surface area contributed by atoms with Crippen molar-refractivity contribution in [2.75, 3.05) is 0 Å². The third kappa shape index (κ3) is 12.5. The van der Waals surface area contributed by atoms with Gasteiger partial charge in [0.05, 0.1) is 12.2 Å². The third-order valence-corrected chi connectivity index (χ3v) is 5.77. The molecule has 1 aromatic carbocycles. The molecule has 0 spiro atoms. The molecule has 0 N–H and O–H groups in total. The SMILES string of the molecule is CC(CC(C)(C)C)OC1CCCCC1.CCC(C)c1ccc(CC(C)(C)C)cc1. The summed E-state index contributed by atoms with van der Waals surface area (Å²) in [5.74, 6) is 0.689. The Morgan fingerprint density at radius 3 is 1.86 bits per heavy atom. The summed E-state index contributed by atoms with van der Waals surface area (Å²) in [7, 11) is 0. The van der Waals surface area contributed by atoms with Crippen LogP contribution in [0.2, 0.25) is 0 Å². The number of rotatable bonds is 6. The number of benzene rings is 1. The minimum absolute atomic E-state index is 0.387. The molecule has 1 heteroatoms. The van der Waals surface area contributed by atoms with Gasteiger partial charge in [0.15, 0.2) is 0 Å². The maximum atomic E-state index is 6.07. The summed E-state index contributed by atoms with van der Waals surface area (Å²) in [5.41, 5.74) is 3.70. The first kappa shape index (κ1) is 26.2. The van der Waals surface area contributed by atoms with Gasteiger partial charge in [0.2, 0.25) is 0 Å². The van der Waals surface area contributed by atoms with Crippen molar-refractivity contribution in [3.8, 4) is 0 Å². The number of hydrogen-bond acceptors (Lipinski definition) is 1. The van der Waals surface area contributed by atoms with E-state index in [-0.39, 0.29) is 0 Å². The summed E-state index contributed by atoms with van der Waals surface area (Å²) >= 11 is 0. The predicted molar refractivity (Wildman–Crippen MR) is 130 cm³/mol. The zero-order valence-electron chi connectivity index (χ0n) is 21.1. The molecule has 2 unspecified atom stereocenters. The normalized spacial score (nSPS) is 18.0. The lowest BCUT2D eigenvalue weighted by molar-refractivity contribution is -0.0366. The van der Waals surface area contributed by atoms with Gasteiger partial charge in [-0.15, -0.1) is 0 Å². The molecule has 29 heavy (non-hydrogen) atoms. The molecule has 0 saturated heterocycles. The number of ether oxygens (including phenoxy) is 1. The molecule has 168 valence electrons. The van der Waals surface area contributed by atoms with E-state index in [1.54, 1.807) is 0 Å². The fraction of sp³-hybridized carbons (Fsp3) is 0.786. The van der Waals surface area contributed by atoms with Gasteiger partial charge in [-0.1, -0.05) is 98.9 Å². The van der Waals surface area contributed by atoms with Crippen LogP contribution in [-0.4, -0.2) is 12.2 Å². The van der Waals surface area contributed by atoms with Crippen molar-refractivity contribution in [3.63, 3.8) is 0 Å². The van der Waals surface area contributed by atoms with Crippen LogP contribution in [0.15, 0.2) is 24.3 Å². The largest absolute Gasteiger partial charge is 0.375 e. The average molecular weight is 403 g/mol. The van der Waals surface area contributed by atoms with Gasteiger partial charge in [0.25, 0.3) is 0 Å². The van der Waals surface area contributed by atoms with E-state index < -0.39 is 0 Å². The van der Waals surface area contributed by atoms with E-state index in [1.807, 2.05) is 0 Å². The van der Waals surface area contributed by atoms with Gasteiger partial charge in [0.1, 0.15) is 0 Å². The van der Waals surface area contributed by atoms with Crippen LogP contribution in [0.25, 0.3) is 0 Å². The zero-order chi connectivity index (χ0) is 22.1. The third-order valence-electron chi connectivity index (χ3n) is 5.77. The molecule has 0 heterocycles. The Hall–Kier alpha value is -0.820. The molecule has 0 aliphatic heterocycles. The molecule has 2 rings (SSSR count). The van der Waals surface area contributed by atoms with Crippen molar-refractivity contribution < 1.29 is 4.74 Å². The average Bonchev–Trinajstić information content (AvgIpc) is 2.60. The Morgan fingerprint density at radius 2 is 1.41 bits per heavy atom. The Labute approximate surface area is 183 Å². The van der Waals surface area contributed by atoms with Gasteiger partial charge in [-0.2, -0.15) is 0 Å². The first-order valence-electron chi connectivity index (χ1n) is 12.1. The molecule has 1 nitrogen and oxygen atoms in total. The Bertz CT molecular complexity index is 537. The van der Waals surface area contributed by atoms with Crippen molar-refractivity contribution in [1.29, 1.82) is 0 Å². The lowest BCUT2D eigenvalue weighted by Gasteiger charge is -2.29. The molecule has 0 amide bonds. The minimum atomic E-state index is 0.387. The second-order valence-electron chi connectivity index (χ2n) is 11.8. The molecule has 2 atom stereocenters. The minimum Gasteiger partial charge on any atom is -0.375 e. The maximum Gasteiger partial charge on any atom is 0.0578 e. The van der Waals surface area contributed by atoms with Crippen LogP contribution in [-0.2, 0) is 11.2 Å². The van der Waals surface area contributed by atoms with E-state index in [0.29, 0.717) is 29.0 Å². The zero-order valence-corrected chi connectivity index (χ0v) is 21.1. The quantitative estimate of drug-likeness (QED) is 0.461. The lowest BCUT2D eigenvalue weighted by Crippen LogP contribution is -2.25. The number of hydrogen-bond donors (Lipinski definition) is 0. The second-order valence-corrected chi connectivity index (χ2v) is 11.8. The molecule has 1 aliphatic carbocycles. The molecule has 0 radical (unpaired) electrons. The van der Waals surface area contributed by atoms with Gasteiger partial charge in [-0.3, -0.25) is 0 Å². The van der Waals surface area contributed by atoms with E-state index in [4.69, 9.17) is 4.74 Å². The molecule has 0 bridgehead atoms. The van der Waals surface area contributed by atoms with Gasteiger partial charge in [-0.25, -0.2) is 0 Å². The smallest absolute Gasteiger partial charge is 0.0578 e. The van der Waals surface area contributed by atoms with E-state index in [1.165, 1.54) is 56.1 Å². The molecular formula is C28H50O. The van der Waals surface area contributed by atoms with Crippen molar-refractivity contribution >= 4 is 0 Å². The van der Waals surface area contributed by atoms with Crippen molar-refractivity contribution in [2.45, 2.75) is 132 Å². The lowest BCUT2D eigenvalue weighted by atomic mass is 9.87. The van der Waals surface area contributed by atoms with E-state index in [0.717, 1.165) is 6.42 Å². The second kappa shape index (κ2) is 12.1. The first-order chi connectivity index (χ1) is 13.4. The van der Waals surface area contributed by atoms with Crippen molar-refractivity contribution in [2.24, 2.45) is 10.8 Å². The molecular weight excluding hydrogens is 352 g/mol. The van der Waals surface area contributed by atoms with Gasteiger partial charge in [0, 0.05) is 0 Å². The van der Waals surface area contributed by atoms with Crippen molar-refractivity contribution in [1.82, 2.24) is 0 Å². The topological polar surface area (TPSA) is 9.23 Å². The molecule has 1 fully saturated rings. The van der Waals surface area contributed by atoms with Crippen LogP contribution in [0.5, 0.6) is 0 Å². The van der Waals surface area contributed by atoms with Gasteiger partial charge < -0.3 is 4.74 Å². The summed E-state index contributed by atoms with van der Waals surface area (Å²) < 4.78 is 6.07. The Morgan fingerprint density at radius 1 is 0.862 bits per heavy atom. The first-order valence-corrected chi connectivity index (χ1v) is 12.1. The highest BCUT2D eigenvalue weighted by Crippen LogP contribution is 2.27. The summed E-state index contributed by atoms with van der Waals surface area (Å²) in [6.07, 6.45) is 11.3. The summed E-state index contributed by atoms with van der Waals surface area (Å²) in [4.78, 5) is 0. The van der Waals surface area contributed by atoms with Gasteiger partial charge in [-0.05, 0) is 66.9 Å². The van der Waals surface area contributed by atoms with Crippen LogP contribution in [0.3, 0.4) is 0 Å². The Kier molecular flexibility index (Phi) is 11.0. The maximum absolute atomic E-state index is 6.07. The highest BCUT2D eigenvalue weighted by atomic mass is 16.5. The predicted octanol–water partition coefficient (Wildman–Crippen LogP) is 8.95.